The van der Waals surface area contributed by atoms with Crippen LogP contribution >= 0.6 is 7.26 Å². The third kappa shape index (κ3) is 3.61. The Labute approximate surface area is 155 Å². The highest BCUT2D eigenvalue weighted by atomic mass is 35.5. The zero-order chi connectivity index (χ0) is 16.8. The standard InChI is InChI=1S/C21H20O2P.ClH/c1-2-23-21(22)24(18-12-6-3-7-13-18,19-14-8-4-9-15-19)20-16-10-5-11-17-20;/h3-17H,2H2,1H3;1H/q+1;/p-1. The molecule has 0 spiro atoms. The molecule has 0 heterocycles. The van der Waals surface area contributed by atoms with Gasteiger partial charge in [-0.1, -0.05) is 54.6 Å². The van der Waals surface area contributed by atoms with Crippen LogP contribution in [0.4, 0.5) is 4.79 Å². The van der Waals surface area contributed by atoms with Crippen LogP contribution in [0.2, 0.25) is 0 Å². The summed E-state index contributed by atoms with van der Waals surface area (Å²) in [4.78, 5) is 13.3. The summed E-state index contributed by atoms with van der Waals surface area (Å²) < 4.78 is 5.58. The van der Waals surface area contributed by atoms with Crippen molar-refractivity contribution in [3.63, 3.8) is 0 Å². The van der Waals surface area contributed by atoms with Crippen molar-refractivity contribution in [2.75, 3.05) is 6.61 Å². The minimum absolute atomic E-state index is 0. The van der Waals surface area contributed by atoms with Crippen molar-refractivity contribution >= 4 is 28.9 Å². The van der Waals surface area contributed by atoms with E-state index < -0.39 is 7.26 Å². The topological polar surface area (TPSA) is 26.3 Å². The van der Waals surface area contributed by atoms with E-state index in [1.54, 1.807) is 0 Å². The number of carbonyl (C=O) groups excluding carboxylic acids is 1. The normalized spacial score (nSPS) is 10.6. The molecule has 0 saturated heterocycles. The summed E-state index contributed by atoms with van der Waals surface area (Å²) in [6.07, 6.45) is 0. The molecule has 4 heteroatoms. The molecule has 3 rings (SSSR count). The Morgan fingerprint density at radius 1 is 0.720 bits per heavy atom. The van der Waals surface area contributed by atoms with Gasteiger partial charge in [0.05, 0.1) is 6.61 Å². The highest BCUT2D eigenvalue weighted by Gasteiger charge is 2.55. The van der Waals surface area contributed by atoms with Crippen LogP contribution in [0.15, 0.2) is 91.0 Å². The zero-order valence-electron chi connectivity index (χ0n) is 14.0. The van der Waals surface area contributed by atoms with Gasteiger partial charge in [0.2, 0.25) is 7.26 Å². The Kier molecular flexibility index (Phi) is 6.75. The lowest BCUT2D eigenvalue weighted by atomic mass is 10.4. The molecule has 0 unspecified atom stereocenters. The summed E-state index contributed by atoms with van der Waals surface area (Å²) in [5.74, 6) is 0. The summed E-state index contributed by atoms with van der Waals surface area (Å²) in [6, 6.07) is 30.0. The Hall–Kier alpha value is -2.15. The molecule has 0 bridgehead atoms. The summed E-state index contributed by atoms with van der Waals surface area (Å²) in [6.45, 7) is 2.22. The largest absolute Gasteiger partial charge is 1.00 e. The first-order chi connectivity index (χ1) is 11.8. The van der Waals surface area contributed by atoms with Crippen LogP contribution in [0.5, 0.6) is 0 Å². The molecule has 2 nitrogen and oxygen atoms in total. The Bertz CT molecular complexity index is 695. The van der Waals surface area contributed by atoms with Gasteiger partial charge in [-0.2, -0.15) is 0 Å². The van der Waals surface area contributed by atoms with E-state index >= 15 is 0 Å². The quantitative estimate of drug-likeness (QED) is 0.630. The molecular weight excluding hydrogens is 351 g/mol. The highest BCUT2D eigenvalue weighted by molar-refractivity contribution is 8.07. The first kappa shape index (κ1) is 19.2. The van der Waals surface area contributed by atoms with Gasteiger partial charge >= 0.3 is 5.71 Å². The van der Waals surface area contributed by atoms with Gasteiger partial charge in [-0.05, 0) is 43.3 Å². The molecule has 0 aromatic heterocycles. The highest BCUT2D eigenvalue weighted by Crippen LogP contribution is 2.56. The summed E-state index contributed by atoms with van der Waals surface area (Å²) in [5, 5.41) is 3.04. The van der Waals surface area contributed by atoms with Crippen LogP contribution in [0.1, 0.15) is 6.92 Å². The van der Waals surface area contributed by atoms with Gasteiger partial charge in [-0.25, -0.2) is 4.79 Å². The molecule has 0 atom stereocenters. The van der Waals surface area contributed by atoms with E-state index in [-0.39, 0.29) is 18.1 Å². The SMILES string of the molecule is CCOC(=O)[P+](c1ccccc1)(c1ccccc1)c1ccccc1.[Cl-]. The van der Waals surface area contributed by atoms with Crippen LogP contribution in [-0.2, 0) is 4.74 Å². The van der Waals surface area contributed by atoms with Crippen molar-refractivity contribution in [3.8, 4) is 0 Å². The van der Waals surface area contributed by atoms with Crippen LogP contribution in [0, 0.1) is 0 Å². The molecule has 25 heavy (non-hydrogen) atoms. The number of hydrogen-bond acceptors (Lipinski definition) is 2. The summed E-state index contributed by atoms with van der Waals surface area (Å²) >= 11 is 0. The maximum Gasteiger partial charge on any atom is 0.466 e. The molecule has 0 aliphatic heterocycles. The molecule has 0 saturated carbocycles. The van der Waals surface area contributed by atoms with E-state index in [4.69, 9.17) is 4.74 Å². The first-order valence-electron chi connectivity index (χ1n) is 8.03. The summed E-state index contributed by atoms with van der Waals surface area (Å²) in [7, 11) is -2.52. The fourth-order valence-corrected chi connectivity index (χ4v) is 6.65. The number of hydrogen-bond donors (Lipinski definition) is 0. The molecule has 0 aliphatic rings. The lowest BCUT2D eigenvalue weighted by Gasteiger charge is -2.23. The third-order valence-electron chi connectivity index (χ3n) is 3.97. The summed E-state index contributed by atoms with van der Waals surface area (Å²) in [5.41, 5.74) is -0.145. The molecule has 0 amide bonds. The fraction of sp³-hybridized carbons (Fsp3) is 0.0952. The molecule has 0 N–H and O–H groups in total. The van der Waals surface area contributed by atoms with Gasteiger partial charge in [0.15, 0.2) is 0 Å². The number of halogens is 1. The van der Waals surface area contributed by atoms with Crippen LogP contribution in [-0.4, -0.2) is 12.3 Å². The van der Waals surface area contributed by atoms with E-state index in [2.05, 4.69) is 0 Å². The molecule has 0 aliphatic carbocycles. The second-order valence-corrected chi connectivity index (χ2v) is 8.63. The maximum atomic E-state index is 13.3. The molecule has 3 aromatic carbocycles. The minimum Gasteiger partial charge on any atom is -1.00 e. The first-order valence-corrected chi connectivity index (χ1v) is 9.82. The van der Waals surface area contributed by atoms with Gasteiger partial charge in [-0.3, -0.25) is 0 Å². The molecule has 0 fully saturated rings. The van der Waals surface area contributed by atoms with Crippen LogP contribution in [0.25, 0.3) is 0 Å². The second-order valence-electron chi connectivity index (χ2n) is 5.38. The van der Waals surface area contributed by atoms with Crippen molar-refractivity contribution in [1.29, 1.82) is 0 Å². The van der Waals surface area contributed by atoms with Crippen molar-refractivity contribution in [2.45, 2.75) is 6.92 Å². The number of rotatable bonds is 5. The molecule has 128 valence electrons. The van der Waals surface area contributed by atoms with Crippen molar-refractivity contribution < 1.29 is 21.9 Å². The number of carbonyl (C=O) groups is 1. The average molecular weight is 371 g/mol. The Balaban J connectivity index is 0.00000225. The number of ether oxygens (including phenoxy) is 1. The predicted octanol–water partition coefficient (Wildman–Crippen LogP) is 1.14. The van der Waals surface area contributed by atoms with Gasteiger partial charge in [0.1, 0.15) is 15.9 Å². The van der Waals surface area contributed by atoms with Gasteiger partial charge in [0.25, 0.3) is 0 Å². The Morgan fingerprint density at radius 3 is 1.32 bits per heavy atom. The third-order valence-corrected chi connectivity index (χ3v) is 7.87. The second kappa shape index (κ2) is 8.80. The van der Waals surface area contributed by atoms with Gasteiger partial charge < -0.3 is 17.1 Å². The lowest BCUT2D eigenvalue weighted by Crippen LogP contribution is -3.00. The molecule has 0 radical (unpaired) electrons. The zero-order valence-corrected chi connectivity index (χ0v) is 15.7. The molecular formula is C21H20ClO2P. The Morgan fingerprint density at radius 2 is 1.04 bits per heavy atom. The maximum absolute atomic E-state index is 13.3. The van der Waals surface area contributed by atoms with Gasteiger partial charge in [-0.15, -0.1) is 0 Å². The van der Waals surface area contributed by atoms with Crippen molar-refractivity contribution in [3.05, 3.63) is 91.0 Å². The van der Waals surface area contributed by atoms with E-state index in [0.29, 0.717) is 6.61 Å². The average Bonchev–Trinajstić information content (AvgIpc) is 2.65. The van der Waals surface area contributed by atoms with E-state index in [1.807, 2.05) is 97.9 Å². The van der Waals surface area contributed by atoms with Crippen LogP contribution in [0.3, 0.4) is 0 Å². The monoisotopic (exact) mass is 370 g/mol. The van der Waals surface area contributed by atoms with Crippen molar-refractivity contribution in [1.82, 2.24) is 0 Å². The van der Waals surface area contributed by atoms with E-state index in [9.17, 15) is 4.79 Å². The van der Waals surface area contributed by atoms with Crippen molar-refractivity contribution in [2.24, 2.45) is 0 Å². The smallest absolute Gasteiger partial charge is 0.466 e. The number of benzene rings is 3. The predicted molar refractivity (Wildman–Crippen MR) is 102 cm³/mol. The van der Waals surface area contributed by atoms with E-state index in [1.165, 1.54) is 0 Å². The lowest BCUT2D eigenvalue weighted by molar-refractivity contribution is -0.00000949. The fourth-order valence-electron chi connectivity index (χ4n) is 2.94. The van der Waals surface area contributed by atoms with Crippen LogP contribution < -0.4 is 28.3 Å². The minimum atomic E-state index is -2.52. The van der Waals surface area contributed by atoms with Gasteiger partial charge in [0, 0.05) is 0 Å². The van der Waals surface area contributed by atoms with E-state index in [0.717, 1.165) is 15.9 Å². The molecule has 3 aromatic rings.